The van der Waals surface area contributed by atoms with E-state index in [0.29, 0.717) is 0 Å². The van der Waals surface area contributed by atoms with Crippen LogP contribution >= 0.6 is 11.6 Å². The van der Waals surface area contributed by atoms with Gasteiger partial charge >= 0.3 is 0 Å². The van der Waals surface area contributed by atoms with Gasteiger partial charge in [0.15, 0.2) is 6.29 Å². The minimum Gasteiger partial charge on any atom is -0.356 e. The van der Waals surface area contributed by atoms with E-state index in [9.17, 15) is 0 Å². The molecule has 0 aromatic carbocycles. The molecule has 0 bridgehead atoms. The Morgan fingerprint density at radius 2 is 1.36 bits per heavy atom. The van der Waals surface area contributed by atoms with Crippen LogP contribution in [0, 0.1) is 0 Å². The number of hydrogen-bond donors (Lipinski definition) is 0. The van der Waals surface area contributed by atoms with E-state index in [1.807, 2.05) is 0 Å². The van der Waals surface area contributed by atoms with E-state index >= 15 is 0 Å². The standard InChI is InChI=1S/C11H23ClO2/c1-13-11(14-2)9-7-5-3-4-6-8-10-12/h11H,3-10H2,1-2H3. The van der Waals surface area contributed by atoms with Gasteiger partial charge in [-0.05, 0) is 19.3 Å². The molecule has 0 unspecified atom stereocenters. The second kappa shape index (κ2) is 11.3. The molecule has 0 saturated heterocycles. The van der Waals surface area contributed by atoms with E-state index in [1.54, 1.807) is 14.2 Å². The maximum Gasteiger partial charge on any atom is 0.156 e. The molecular weight excluding hydrogens is 200 g/mol. The first kappa shape index (κ1) is 14.2. The van der Waals surface area contributed by atoms with Crippen LogP contribution in [0.5, 0.6) is 0 Å². The summed E-state index contributed by atoms with van der Waals surface area (Å²) in [5.41, 5.74) is 0. The highest BCUT2D eigenvalue weighted by Crippen LogP contribution is 2.10. The number of ether oxygens (including phenoxy) is 2. The van der Waals surface area contributed by atoms with Crippen molar-refractivity contribution in [3.63, 3.8) is 0 Å². The molecule has 14 heavy (non-hydrogen) atoms. The number of rotatable bonds is 10. The zero-order chi connectivity index (χ0) is 10.6. The molecule has 86 valence electrons. The van der Waals surface area contributed by atoms with Gasteiger partial charge in [-0.15, -0.1) is 11.6 Å². The molecule has 0 spiro atoms. The molecule has 0 aliphatic carbocycles. The molecular formula is C11H23ClO2. The molecule has 0 rings (SSSR count). The molecule has 0 aliphatic heterocycles. The zero-order valence-electron chi connectivity index (χ0n) is 9.43. The Labute approximate surface area is 92.9 Å². The van der Waals surface area contributed by atoms with Gasteiger partial charge in [0, 0.05) is 20.1 Å². The smallest absolute Gasteiger partial charge is 0.156 e. The lowest BCUT2D eigenvalue weighted by Crippen LogP contribution is -2.12. The minimum atomic E-state index is -0.0159. The second-order valence-electron chi connectivity index (χ2n) is 3.50. The summed E-state index contributed by atoms with van der Waals surface area (Å²) in [5, 5.41) is 0. The lowest BCUT2D eigenvalue weighted by atomic mass is 10.1. The fourth-order valence-electron chi connectivity index (χ4n) is 1.44. The van der Waals surface area contributed by atoms with Gasteiger partial charge in [-0.2, -0.15) is 0 Å². The number of hydrogen-bond acceptors (Lipinski definition) is 2. The van der Waals surface area contributed by atoms with Crippen LogP contribution in [-0.2, 0) is 9.47 Å². The van der Waals surface area contributed by atoms with Crippen molar-refractivity contribution in [2.24, 2.45) is 0 Å². The van der Waals surface area contributed by atoms with E-state index in [2.05, 4.69) is 0 Å². The summed E-state index contributed by atoms with van der Waals surface area (Å²) in [5.74, 6) is 0.801. The van der Waals surface area contributed by atoms with Crippen molar-refractivity contribution >= 4 is 11.6 Å². The highest BCUT2D eigenvalue weighted by atomic mass is 35.5. The molecule has 3 heteroatoms. The van der Waals surface area contributed by atoms with Gasteiger partial charge in [-0.25, -0.2) is 0 Å². The molecule has 0 amide bonds. The molecule has 0 N–H and O–H groups in total. The van der Waals surface area contributed by atoms with Gasteiger partial charge in [0.05, 0.1) is 0 Å². The molecule has 0 radical (unpaired) electrons. The molecule has 0 fully saturated rings. The average molecular weight is 223 g/mol. The largest absolute Gasteiger partial charge is 0.356 e. The Morgan fingerprint density at radius 1 is 0.857 bits per heavy atom. The Balaban J connectivity index is 3.04. The van der Waals surface area contributed by atoms with Gasteiger partial charge in [0.1, 0.15) is 0 Å². The van der Waals surface area contributed by atoms with Gasteiger partial charge in [-0.3, -0.25) is 0 Å². The van der Waals surface area contributed by atoms with Gasteiger partial charge in [-0.1, -0.05) is 25.7 Å². The molecule has 2 nitrogen and oxygen atoms in total. The zero-order valence-corrected chi connectivity index (χ0v) is 10.2. The van der Waals surface area contributed by atoms with Crippen LogP contribution in [0.25, 0.3) is 0 Å². The normalized spacial score (nSPS) is 11.1. The highest BCUT2D eigenvalue weighted by molar-refractivity contribution is 6.17. The Morgan fingerprint density at radius 3 is 1.86 bits per heavy atom. The van der Waals surface area contributed by atoms with Crippen molar-refractivity contribution in [2.45, 2.75) is 51.2 Å². The molecule has 0 aromatic heterocycles. The van der Waals surface area contributed by atoms with Crippen LogP contribution in [0.15, 0.2) is 0 Å². The second-order valence-corrected chi connectivity index (χ2v) is 3.88. The van der Waals surface area contributed by atoms with Gasteiger partial charge < -0.3 is 9.47 Å². The third-order valence-corrected chi connectivity index (χ3v) is 2.62. The van der Waals surface area contributed by atoms with Crippen molar-refractivity contribution < 1.29 is 9.47 Å². The van der Waals surface area contributed by atoms with Gasteiger partial charge in [0.25, 0.3) is 0 Å². The van der Waals surface area contributed by atoms with Crippen LogP contribution < -0.4 is 0 Å². The maximum absolute atomic E-state index is 5.59. The molecule has 0 aliphatic rings. The van der Waals surface area contributed by atoms with Gasteiger partial charge in [0.2, 0.25) is 0 Å². The number of methoxy groups -OCH3 is 2. The van der Waals surface area contributed by atoms with Crippen LogP contribution in [-0.4, -0.2) is 26.4 Å². The third kappa shape index (κ3) is 8.79. The van der Waals surface area contributed by atoms with Crippen molar-refractivity contribution in [3.05, 3.63) is 0 Å². The summed E-state index contributed by atoms with van der Waals surface area (Å²) in [6, 6.07) is 0. The highest BCUT2D eigenvalue weighted by Gasteiger charge is 2.03. The minimum absolute atomic E-state index is 0.0159. The lowest BCUT2D eigenvalue weighted by Gasteiger charge is -2.12. The number of alkyl halides is 1. The molecule has 0 aromatic rings. The third-order valence-electron chi connectivity index (χ3n) is 2.35. The Kier molecular flexibility index (Phi) is 11.5. The lowest BCUT2D eigenvalue weighted by molar-refractivity contribution is -0.107. The summed E-state index contributed by atoms with van der Waals surface area (Å²) in [4.78, 5) is 0. The fourth-order valence-corrected chi connectivity index (χ4v) is 1.63. The number of unbranched alkanes of at least 4 members (excludes halogenated alkanes) is 5. The predicted molar refractivity (Wildman–Crippen MR) is 60.8 cm³/mol. The van der Waals surface area contributed by atoms with E-state index in [1.165, 1.54) is 32.1 Å². The van der Waals surface area contributed by atoms with Crippen molar-refractivity contribution in [1.82, 2.24) is 0 Å². The maximum atomic E-state index is 5.59. The van der Waals surface area contributed by atoms with E-state index in [4.69, 9.17) is 21.1 Å². The van der Waals surface area contributed by atoms with E-state index in [0.717, 1.165) is 18.7 Å². The summed E-state index contributed by atoms with van der Waals surface area (Å²) in [6.45, 7) is 0. The summed E-state index contributed by atoms with van der Waals surface area (Å²) in [6.07, 6.45) is 8.47. The first-order chi connectivity index (χ1) is 6.85. The van der Waals surface area contributed by atoms with Crippen LogP contribution in [0.3, 0.4) is 0 Å². The van der Waals surface area contributed by atoms with Crippen molar-refractivity contribution in [2.75, 3.05) is 20.1 Å². The predicted octanol–water partition coefficient (Wildman–Crippen LogP) is 3.57. The summed E-state index contributed by atoms with van der Waals surface area (Å²) >= 11 is 5.59. The monoisotopic (exact) mass is 222 g/mol. The van der Waals surface area contributed by atoms with Crippen LogP contribution in [0.2, 0.25) is 0 Å². The topological polar surface area (TPSA) is 18.5 Å². The van der Waals surface area contributed by atoms with Crippen LogP contribution in [0.4, 0.5) is 0 Å². The van der Waals surface area contributed by atoms with Crippen molar-refractivity contribution in [1.29, 1.82) is 0 Å². The fraction of sp³-hybridized carbons (Fsp3) is 1.00. The molecule has 0 heterocycles. The van der Waals surface area contributed by atoms with E-state index < -0.39 is 0 Å². The SMILES string of the molecule is COC(CCCCCCCCCl)OC. The van der Waals surface area contributed by atoms with Crippen molar-refractivity contribution in [3.8, 4) is 0 Å². The quantitative estimate of drug-likeness (QED) is 0.320. The molecule has 0 atom stereocenters. The first-order valence-electron chi connectivity index (χ1n) is 5.46. The van der Waals surface area contributed by atoms with E-state index in [-0.39, 0.29) is 6.29 Å². The number of halogens is 1. The Hall–Kier alpha value is 0.210. The average Bonchev–Trinajstić information content (AvgIpc) is 2.22. The summed E-state index contributed by atoms with van der Waals surface area (Å²) < 4.78 is 10.2. The van der Waals surface area contributed by atoms with Crippen LogP contribution in [0.1, 0.15) is 44.9 Å². The molecule has 0 saturated carbocycles. The first-order valence-corrected chi connectivity index (χ1v) is 6.00. The Bertz CT molecular complexity index is 105. The summed E-state index contributed by atoms with van der Waals surface area (Å²) in [7, 11) is 3.38.